The third-order valence-electron chi connectivity index (χ3n) is 6.40. The SMILES string of the molecule is CCCCCC(CC)N(C(=O)O)c1ccc2c(c1)[C@]1(C)CCN[C@@H]1C2. The van der Waals surface area contributed by atoms with E-state index in [4.69, 9.17) is 0 Å². The lowest BCUT2D eigenvalue weighted by molar-refractivity contribution is 0.198. The van der Waals surface area contributed by atoms with E-state index < -0.39 is 6.09 Å². The Morgan fingerprint density at radius 2 is 2.20 bits per heavy atom. The average Bonchev–Trinajstić information content (AvgIpc) is 3.07. The highest BCUT2D eigenvalue weighted by atomic mass is 16.4. The Morgan fingerprint density at radius 3 is 2.88 bits per heavy atom. The number of hydrogen-bond donors (Lipinski definition) is 2. The van der Waals surface area contributed by atoms with E-state index in [1.54, 1.807) is 4.90 Å². The Morgan fingerprint density at radius 1 is 1.40 bits per heavy atom. The second-order valence-corrected chi connectivity index (χ2v) is 7.93. The predicted octanol–water partition coefficient (Wildman–Crippen LogP) is 4.71. The number of fused-ring (bicyclic) bond motifs is 3. The van der Waals surface area contributed by atoms with E-state index in [1.165, 1.54) is 17.5 Å². The number of unbranched alkanes of at least 4 members (excludes halogenated alkanes) is 2. The van der Waals surface area contributed by atoms with Crippen LogP contribution in [-0.4, -0.2) is 29.8 Å². The van der Waals surface area contributed by atoms with Crippen molar-refractivity contribution in [3.8, 4) is 0 Å². The van der Waals surface area contributed by atoms with Gasteiger partial charge >= 0.3 is 6.09 Å². The number of carbonyl (C=O) groups is 1. The molecule has 3 atom stereocenters. The van der Waals surface area contributed by atoms with E-state index in [1.807, 2.05) is 6.07 Å². The van der Waals surface area contributed by atoms with E-state index in [2.05, 4.69) is 38.2 Å². The van der Waals surface area contributed by atoms with Crippen LogP contribution in [0.3, 0.4) is 0 Å². The number of benzene rings is 1. The van der Waals surface area contributed by atoms with Gasteiger partial charge < -0.3 is 10.4 Å². The third-order valence-corrected chi connectivity index (χ3v) is 6.40. The first-order valence-electron chi connectivity index (χ1n) is 9.90. The molecule has 3 rings (SSSR count). The highest BCUT2D eigenvalue weighted by Crippen LogP contribution is 2.45. The van der Waals surface area contributed by atoms with Gasteiger partial charge in [-0.1, -0.05) is 46.1 Å². The van der Waals surface area contributed by atoms with Crippen LogP contribution in [0.25, 0.3) is 0 Å². The molecule has 1 heterocycles. The molecular weight excluding hydrogens is 312 g/mol. The zero-order valence-corrected chi connectivity index (χ0v) is 15.8. The van der Waals surface area contributed by atoms with Crippen LogP contribution in [0.15, 0.2) is 18.2 Å². The summed E-state index contributed by atoms with van der Waals surface area (Å²) in [6.45, 7) is 7.67. The number of carboxylic acid groups (broad SMARTS) is 1. The molecule has 1 saturated heterocycles. The summed E-state index contributed by atoms with van der Waals surface area (Å²) in [7, 11) is 0. The summed E-state index contributed by atoms with van der Waals surface area (Å²) < 4.78 is 0. The van der Waals surface area contributed by atoms with Gasteiger partial charge in [0, 0.05) is 23.2 Å². The maximum absolute atomic E-state index is 12.1. The van der Waals surface area contributed by atoms with Gasteiger partial charge in [0.15, 0.2) is 0 Å². The number of nitrogens with zero attached hydrogens (tertiary/aromatic N) is 1. The molecule has 1 aromatic rings. The summed E-state index contributed by atoms with van der Waals surface area (Å²) in [5.41, 5.74) is 3.74. The summed E-state index contributed by atoms with van der Waals surface area (Å²) >= 11 is 0. The predicted molar refractivity (Wildman–Crippen MR) is 103 cm³/mol. The fourth-order valence-electron chi connectivity index (χ4n) is 4.79. The van der Waals surface area contributed by atoms with E-state index in [0.717, 1.165) is 50.8 Å². The fraction of sp³-hybridized carbons (Fsp3) is 0.667. The lowest BCUT2D eigenvalue weighted by Crippen LogP contribution is -2.39. The summed E-state index contributed by atoms with van der Waals surface area (Å²) in [6, 6.07) is 6.90. The van der Waals surface area contributed by atoms with Crippen LogP contribution in [0.4, 0.5) is 10.5 Å². The maximum Gasteiger partial charge on any atom is 0.412 e. The third kappa shape index (κ3) is 3.29. The van der Waals surface area contributed by atoms with Crippen molar-refractivity contribution in [1.29, 1.82) is 0 Å². The molecule has 1 aliphatic carbocycles. The van der Waals surface area contributed by atoms with Crippen LogP contribution in [-0.2, 0) is 11.8 Å². The Bertz CT molecular complexity index is 630. The van der Waals surface area contributed by atoms with Crippen molar-refractivity contribution in [2.45, 2.75) is 83.2 Å². The van der Waals surface area contributed by atoms with Crippen LogP contribution < -0.4 is 10.2 Å². The van der Waals surface area contributed by atoms with Crippen LogP contribution in [0.2, 0.25) is 0 Å². The van der Waals surface area contributed by atoms with Gasteiger partial charge in [-0.25, -0.2) is 4.79 Å². The smallest absolute Gasteiger partial charge is 0.412 e. The summed E-state index contributed by atoms with van der Waals surface area (Å²) in [4.78, 5) is 13.7. The largest absolute Gasteiger partial charge is 0.465 e. The van der Waals surface area contributed by atoms with E-state index >= 15 is 0 Å². The molecule has 138 valence electrons. The average molecular weight is 344 g/mol. The van der Waals surface area contributed by atoms with Crippen LogP contribution >= 0.6 is 0 Å². The molecule has 1 amide bonds. The molecule has 1 unspecified atom stereocenters. The molecule has 0 bridgehead atoms. The first-order chi connectivity index (χ1) is 12.0. The number of anilines is 1. The minimum absolute atomic E-state index is 0.0637. The molecule has 1 aliphatic heterocycles. The molecule has 0 aromatic heterocycles. The van der Waals surface area contributed by atoms with Gasteiger partial charge in [0.25, 0.3) is 0 Å². The standard InChI is InChI=1S/C21H32N2O2/c1-4-6-7-8-16(5-2)23(20(24)25)17-10-9-15-13-19-21(3,11-12-22-19)18(15)14-17/h9-10,14,16,19,22H,4-8,11-13H2,1-3H3,(H,24,25)/t16?,19-,21+/m1/s1. The van der Waals surface area contributed by atoms with Gasteiger partial charge in [-0.15, -0.1) is 0 Å². The molecule has 2 N–H and O–H groups in total. The van der Waals surface area contributed by atoms with Crippen molar-refractivity contribution >= 4 is 11.8 Å². The molecule has 0 saturated carbocycles. The van der Waals surface area contributed by atoms with Gasteiger partial charge in [0.1, 0.15) is 0 Å². The highest BCUT2D eigenvalue weighted by Gasteiger charge is 2.46. The van der Waals surface area contributed by atoms with Crippen molar-refractivity contribution in [2.75, 3.05) is 11.4 Å². The van der Waals surface area contributed by atoms with Crippen LogP contribution in [0.5, 0.6) is 0 Å². The quantitative estimate of drug-likeness (QED) is 0.705. The Labute approximate surface area is 151 Å². The minimum Gasteiger partial charge on any atom is -0.465 e. The lowest BCUT2D eigenvalue weighted by Gasteiger charge is -2.31. The molecule has 0 spiro atoms. The summed E-state index contributed by atoms with van der Waals surface area (Å²) in [6.07, 6.45) is 6.58. The normalized spacial score (nSPS) is 25.5. The summed E-state index contributed by atoms with van der Waals surface area (Å²) in [5.74, 6) is 0. The van der Waals surface area contributed by atoms with Crippen molar-refractivity contribution in [3.63, 3.8) is 0 Å². The van der Waals surface area contributed by atoms with Gasteiger partial charge in [-0.2, -0.15) is 0 Å². The van der Waals surface area contributed by atoms with E-state index in [9.17, 15) is 9.90 Å². The zero-order chi connectivity index (χ0) is 18.0. The Kier molecular flexibility index (Phi) is 5.38. The Balaban J connectivity index is 1.89. The van der Waals surface area contributed by atoms with E-state index in [0.29, 0.717) is 6.04 Å². The highest BCUT2D eigenvalue weighted by molar-refractivity contribution is 5.87. The van der Waals surface area contributed by atoms with Crippen LogP contribution in [0.1, 0.15) is 70.4 Å². The fourth-order valence-corrected chi connectivity index (χ4v) is 4.79. The zero-order valence-electron chi connectivity index (χ0n) is 15.8. The van der Waals surface area contributed by atoms with Crippen molar-refractivity contribution in [1.82, 2.24) is 5.32 Å². The lowest BCUT2D eigenvalue weighted by atomic mass is 9.80. The second kappa shape index (κ2) is 7.36. The van der Waals surface area contributed by atoms with Gasteiger partial charge in [0.05, 0.1) is 0 Å². The monoisotopic (exact) mass is 344 g/mol. The first-order valence-corrected chi connectivity index (χ1v) is 9.90. The second-order valence-electron chi connectivity index (χ2n) is 7.93. The molecule has 1 fully saturated rings. The molecule has 4 heteroatoms. The molecule has 1 aromatic carbocycles. The maximum atomic E-state index is 12.1. The number of rotatable bonds is 7. The minimum atomic E-state index is -0.826. The van der Waals surface area contributed by atoms with Gasteiger partial charge in [-0.3, -0.25) is 4.90 Å². The van der Waals surface area contributed by atoms with Crippen molar-refractivity contribution in [3.05, 3.63) is 29.3 Å². The van der Waals surface area contributed by atoms with Crippen molar-refractivity contribution < 1.29 is 9.90 Å². The molecule has 4 nitrogen and oxygen atoms in total. The molecular formula is C21H32N2O2. The van der Waals surface area contributed by atoms with Crippen molar-refractivity contribution in [2.24, 2.45) is 0 Å². The molecule has 25 heavy (non-hydrogen) atoms. The molecule has 0 radical (unpaired) electrons. The topological polar surface area (TPSA) is 52.6 Å². The van der Waals surface area contributed by atoms with E-state index in [-0.39, 0.29) is 11.5 Å². The molecule has 2 aliphatic rings. The summed E-state index contributed by atoms with van der Waals surface area (Å²) in [5, 5.41) is 13.5. The number of amides is 1. The Hall–Kier alpha value is -1.55. The number of nitrogens with one attached hydrogen (secondary N) is 1. The first kappa shape index (κ1) is 18.2. The van der Waals surface area contributed by atoms with Gasteiger partial charge in [-0.05, 0) is 55.5 Å². The number of hydrogen-bond acceptors (Lipinski definition) is 2. The van der Waals surface area contributed by atoms with Gasteiger partial charge in [0.2, 0.25) is 0 Å². The van der Waals surface area contributed by atoms with Crippen LogP contribution in [0, 0.1) is 0 Å².